The number of carbonyl (C=O) groups excluding carboxylic acids is 3. The topological polar surface area (TPSA) is 87.7 Å². The minimum absolute atomic E-state index is 0.0405. The average molecular weight is 381 g/mol. The number of hydrogen-bond donors (Lipinski definition) is 2. The molecule has 7 nitrogen and oxygen atoms in total. The van der Waals surface area contributed by atoms with E-state index in [0.717, 1.165) is 25.9 Å². The van der Waals surface area contributed by atoms with E-state index in [1.54, 1.807) is 30.3 Å². The molecular formula is C16H19N3O4S2. The molecule has 1 fully saturated rings. The molecular weight excluding hydrogens is 362 g/mol. The third kappa shape index (κ3) is 7.10. The summed E-state index contributed by atoms with van der Waals surface area (Å²) in [4.78, 5) is 36.9. The quantitative estimate of drug-likeness (QED) is 0.596. The summed E-state index contributed by atoms with van der Waals surface area (Å²) in [7, 11) is 0. The summed E-state index contributed by atoms with van der Waals surface area (Å²) in [5.74, 6) is -1.21. The number of para-hydroxylation sites is 1. The number of benzene rings is 1. The third-order valence-electron chi connectivity index (χ3n) is 3.33. The Kier molecular flexibility index (Phi) is 7.68. The summed E-state index contributed by atoms with van der Waals surface area (Å²) < 4.78 is 5.51. The maximum Gasteiger partial charge on any atom is 0.325 e. The van der Waals surface area contributed by atoms with Gasteiger partial charge in [0.2, 0.25) is 0 Å². The summed E-state index contributed by atoms with van der Waals surface area (Å²) >= 11 is 6.46. The Labute approximate surface area is 155 Å². The van der Waals surface area contributed by atoms with E-state index >= 15 is 0 Å². The molecule has 134 valence electrons. The highest BCUT2D eigenvalue weighted by atomic mass is 32.2. The SMILES string of the molecule is O=C(COC(=O)CSC(=S)N1CCCC1)NC(=O)Nc1ccccc1. The Bertz CT molecular complexity index is 634. The summed E-state index contributed by atoms with van der Waals surface area (Å²) in [6, 6.07) is 8.00. The fraction of sp³-hybridized carbons (Fsp3) is 0.375. The summed E-state index contributed by atoms with van der Waals surface area (Å²) in [5.41, 5.74) is 0.552. The summed E-state index contributed by atoms with van der Waals surface area (Å²) in [5, 5.41) is 4.58. The molecule has 1 aromatic rings. The van der Waals surface area contributed by atoms with Crippen molar-refractivity contribution in [2.75, 3.05) is 30.8 Å². The van der Waals surface area contributed by atoms with Crippen LogP contribution in [-0.2, 0) is 14.3 Å². The molecule has 1 aromatic carbocycles. The number of thioether (sulfide) groups is 1. The highest BCUT2D eigenvalue weighted by Gasteiger charge is 2.17. The number of carbonyl (C=O) groups is 3. The van der Waals surface area contributed by atoms with Crippen molar-refractivity contribution in [3.05, 3.63) is 30.3 Å². The first-order valence-corrected chi connectivity index (χ1v) is 9.17. The lowest BCUT2D eigenvalue weighted by Gasteiger charge is -2.17. The molecule has 2 N–H and O–H groups in total. The van der Waals surface area contributed by atoms with Crippen LogP contribution in [0.3, 0.4) is 0 Å². The summed E-state index contributed by atoms with van der Waals surface area (Å²) in [6.07, 6.45) is 2.22. The number of urea groups is 1. The molecule has 0 spiro atoms. The Morgan fingerprint density at radius 3 is 2.52 bits per heavy atom. The molecule has 1 aliphatic heterocycles. The highest BCUT2D eigenvalue weighted by Crippen LogP contribution is 2.16. The van der Waals surface area contributed by atoms with Crippen molar-refractivity contribution in [2.24, 2.45) is 0 Å². The molecule has 0 aliphatic carbocycles. The average Bonchev–Trinajstić information content (AvgIpc) is 3.13. The van der Waals surface area contributed by atoms with Crippen molar-refractivity contribution in [1.82, 2.24) is 10.2 Å². The van der Waals surface area contributed by atoms with Crippen molar-refractivity contribution < 1.29 is 19.1 Å². The second kappa shape index (κ2) is 10.00. The standard InChI is InChI=1S/C16H19N3O4S2/c20-13(18-15(22)17-12-6-2-1-3-7-12)10-23-14(21)11-25-16(24)19-8-4-5-9-19/h1-3,6-7H,4-5,8-11H2,(H2,17,18,20,22). The molecule has 0 unspecified atom stereocenters. The Morgan fingerprint density at radius 2 is 1.84 bits per heavy atom. The van der Waals surface area contributed by atoms with Gasteiger partial charge in [0.1, 0.15) is 4.32 Å². The monoisotopic (exact) mass is 381 g/mol. The zero-order valence-corrected chi connectivity index (χ0v) is 15.2. The number of amides is 3. The number of rotatable bonds is 5. The summed E-state index contributed by atoms with van der Waals surface area (Å²) in [6.45, 7) is 1.32. The lowest BCUT2D eigenvalue weighted by molar-refractivity contribution is -0.145. The number of esters is 1. The Balaban J connectivity index is 1.61. The molecule has 0 aromatic heterocycles. The maximum absolute atomic E-state index is 11.6. The van der Waals surface area contributed by atoms with Gasteiger partial charge in [-0.1, -0.05) is 42.2 Å². The van der Waals surface area contributed by atoms with Crippen LogP contribution in [0.2, 0.25) is 0 Å². The molecule has 0 bridgehead atoms. The third-order valence-corrected chi connectivity index (χ3v) is 4.82. The first-order valence-electron chi connectivity index (χ1n) is 7.78. The van der Waals surface area contributed by atoms with E-state index in [1.807, 2.05) is 4.90 Å². The molecule has 0 atom stereocenters. The van der Waals surface area contributed by atoms with E-state index in [2.05, 4.69) is 10.6 Å². The van der Waals surface area contributed by atoms with Gasteiger partial charge in [0.05, 0.1) is 5.75 Å². The van der Waals surface area contributed by atoms with Crippen LogP contribution in [0.4, 0.5) is 10.5 Å². The zero-order chi connectivity index (χ0) is 18.1. The number of nitrogens with zero attached hydrogens (tertiary/aromatic N) is 1. The minimum Gasteiger partial charge on any atom is -0.455 e. The molecule has 25 heavy (non-hydrogen) atoms. The lowest BCUT2D eigenvalue weighted by Crippen LogP contribution is -2.37. The van der Waals surface area contributed by atoms with Gasteiger partial charge in [-0.05, 0) is 25.0 Å². The van der Waals surface area contributed by atoms with Crippen LogP contribution in [0.15, 0.2) is 30.3 Å². The molecule has 9 heteroatoms. The molecule has 1 heterocycles. The van der Waals surface area contributed by atoms with E-state index in [1.165, 1.54) is 11.8 Å². The number of imide groups is 1. The van der Waals surface area contributed by atoms with Crippen LogP contribution < -0.4 is 10.6 Å². The molecule has 2 rings (SSSR count). The second-order valence-electron chi connectivity index (χ2n) is 5.28. The van der Waals surface area contributed by atoms with Gasteiger partial charge in [0.15, 0.2) is 6.61 Å². The van der Waals surface area contributed by atoms with Gasteiger partial charge in [0, 0.05) is 18.8 Å². The highest BCUT2D eigenvalue weighted by molar-refractivity contribution is 8.23. The van der Waals surface area contributed by atoms with Gasteiger partial charge in [-0.2, -0.15) is 0 Å². The van der Waals surface area contributed by atoms with Crippen LogP contribution in [0.5, 0.6) is 0 Å². The van der Waals surface area contributed by atoms with E-state index in [0.29, 0.717) is 10.0 Å². The van der Waals surface area contributed by atoms with Gasteiger partial charge in [-0.15, -0.1) is 0 Å². The number of nitrogens with one attached hydrogen (secondary N) is 2. The predicted molar refractivity (Wildman–Crippen MR) is 100 cm³/mol. The molecule has 1 aliphatic rings. The number of anilines is 1. The minimum atomic E-state index is -0.700. The Morgan fingerprint density at radius 1 is 1.16 bits per heavy atom. The van der Waals surface area contributed by atoms with Crippen LogP contribution in [0.25, 0.3) is 0 Å². The smallest absolute Gasteiger partial charge is 0.325 e. The van der Waals surface area contributed by atoms with Crippen molar-refractivity contribution >= 4 is 51.9 Å². The van der Waals surface area contributed by atoms with Gasteiger partial charge in [-0.25, -0.2) is 4.79 Å². The van der Waals surface area contributed by atoms with E-state index in [4.69, 9.17) is 17.0 Å². The van der Waals surface area contributed by atoms with Gasteiger partial charge in [-0.3, -0.25) is 14.9 Å². The number of likely N-dealkylation sites (tertiary alicyclic amines) is 1. The molecule has 0 saturated carbocycles. The van der Waals surface area contributed by atoms with E-state index in [-0.39, 0.29) is 5.75 Å². The molecule has 0 radical (unpaired) electrons. The van der Waals surface area contributed by atoms with Gasteiger partial charge >= 0.3 is 12.0 Å². The molecule has 1 saturated heterocycles. The maximum atomic E-state index is 11.6. The largest absolute Gasteiger partial charge is 0.455 e. The van der Waals surface area contributed by atoms with Gasteiger partial charge in [0.25, 0.3) is 5.91 Å². The van der Waals surface area contributed by atoms with Crippen LogP contribution >= 0.6 is 24.0 Å². The predicted octanol–water partition coefficient (Wildman–Crippen LogP) is 1.99. The van der Waals surface area contributed by atoms with Crippen molar-refractivity contribution in [3.63, 3.8) is 0 Å². The first kappa shape index (κ1) is 19.2. The second-order valence-corrected chi connectivity index (χ2v) is 6.89. The van der Waals surface area contributed by atoms with Crippen LogP contribution in [0.1, 0.15) is 12.8 Å². The van der Waals surface area contributed by atoms with Gasteiger partial charge < -0.3 is 15.0 Å². The Hall–Kier alpha value is -2.13. The lowest BCUT2D eigenvalue weighted by atomic mass is 10.3. The van der Waals surface area contributed by atoms with Crippen LogP contribution in [-0.4, -0.2) is 52.6 Å². The van der Waals surface area contributed by atoms with E-state index in [9.17, 15) is 14.4 Å². The zero-order valence-electron chi connectivity index (χ0n) is 13.5. The number of hydrogen-bond acceptors (Lipinski definition) is 6. The fourth-order valence-electron chi connectivity index (χ4n) is 2.15. The first-order chi connectivity index (χ1) is 12.0. The normalized spacial score (nSPS) is 13.2. The fourth-order valence-corrected chi connectivity index (χ4v) is 3.20. The van der Waals surface area contributed by atoms with Crippen molar-refractivity contribution in [3.8, 4) is 0 Å². The van der Waals surface area contributed by atoms with Crippen molar-refractivity contribution in [2.45, 2.75) is 12.8 Å². The molecule has 3 amide bonds. The number of ether oxygens (including phenoxy) is 1. The van der Waals surface area contributed by atoms with Crippen LogP contribution in [0, 0.1) is 0 Å². The number of thiocarbonyl (C=S) groups is 1. The van der Waals surface area contributed by atoms with Crippen molar-refractivity contribution in [1.29, 1.82) is 0 Å². The van der Waals surface area contributed by atoms with E-state index < -0.39 is 24.5 Å².